The number of urea groups is 1. The minimum absolute atomic E-state index is 0.0403. The van der Waals surface area contributed by atoms with Crippen molar-refractivity contribution in [3.63, 3.8) is 0 Å². The maximum absolute atomic E-state index is 12.5. The van der Waals surface area contributed by atoms with Crippen molar-refractivity contribution < 1.29 is 4.79 Å². The molecule has 0 aliphatic carbocycles. The van der Waals surface area contributed by atoms with Crippen LogP contribution in [-0.4, -0.2) is 33.1 Å². The number of nitrogens with zero attached hydrogens (tertiary/aromatic N) is 3. The number of carbonyl (C=O) groups excluding carboxylic acids is 1. The number of nitrogens with one attached hydrogen (secondary N) is 1. The van der Waals surface area contributed by atoms with E-state index < -0.39 is 0 Å². The number of amides is 2. The SMILES string of the molecule is C[C@H](Cn1ccnc1)NC(=O)N1CCC[C@@H]1c1cccs1. The van der Waals surface area contributed by atoms with Gasteiger partial charge in [-0.1, -0.05) is 6.07 Å². The van der Waals surface area contributed by atoms with Crippen molar-refractivity contribution >= 4 is 17.4 Å². The predicted molar refractivity (Wildman–Crippen MR) is 83.2 cm³/mol. The molecule has 1 N–H and O–H groups in total. The molecule has 3 rings (SSSR count). The molecule has 0 aromatic carbocycles. The fourth-order valence-corrected chi connectivity index (χ4v) is 3.71. The summed E-state index contributed by atoms with van der Waals surface area (Å²) in [6, 6.07) is 4.53. The van der Waals surface area contributed by atoms with E-state index in [4.69, 9.17) is 0 Å². The van der Waals surface area contributed by atoms with Gasteiger partial charge in [-0.25, -0.2) is 9.78 Å². The van der Waals surface area contributed by atoms with Gasteiger partial charge in [-0.3, -0.25) is 0 Å². The van der Waals surface area contributed by atoms with Crippen molar-refractivity contribution in [1.82, 2.24) is 19.8 Å². The molecule has 3 heterocycles. The van der Waals surface area contributed by atoms with E-state index in [9.17, 15) is 4.79 Å². The number of hydrogen-bond acceptors (Lipinski definition) is 3. The first kappa shape index (κ1) is 14.1. The van der Waals surface area contributed by atoms with Gasteiger partial charge in [0.1, 0.15) is 0 Å². The summed E-state index contributed by atoms with van der Waals surface area (Å²) in [7, 11) is 0. The Hall–Kier alpha value is -1.82. The van der Waals surface area contributed by atoms with Crippen LogP contribution in [0.5, 0.6) is 0 Å². The highest BCUT2D eigenvalue weighted by Gasteiger charge is 2.30. The number of rotatable bonds is 4. The van der Waals surface area contributed by atoms with Gasteiger partial charge < -0.3 is 14.8 Å². The normalized spacial score (nSPS) is 19.7. The molecule has 0 spiro atoms. The monoisotopic (exact) mass is 304 g/mol. The van der Waals surface area contributed by atoms with Crippen molar-refractivity contribution in [1.29, 1.82) is 0 Å². The molecule has 2 aromatic heterocycles. The Morgan fingerprint density at radius 3 is 3.24 bits per heavy atom. The molecule has 0 radical (unpaired) electrons. The number of carbonyl (C=O) groups is 1. The summed E-state index contributed by atoms with van der Waals surface area (Å²) < 4.78 is 1.98. The topological polar surface area (TPSA) is 50.2 Å². The van der Waals surface area contributed by atoms with Crippen LogP contribution in [-0.2, 0) is 6.54 Å². The largest absolute Gasteiger partial charge is 0.335 e. The van der Waals surface area contributed by atoms with Gasteiger partial charge in [-0.05, 0) is 31.2 Å². The fourth-order valence-electron chi connectivity index (χ4n) is 2.84. The highest BCUT2D eigenvalue weighted by molar-refractivity contribution is 7.10. The second kappa shape index (κ2) is 6.30. The molecule has 1 aliphatic heterocycles. The van der Waals surface area contributed by atoms with Crippen LogP contribution in [0.4, 0.5) is 4.79 Å². The van der Waals surface area contributed by atoms with Gasteiger partial charge in [0.05, 0.1) is 12.4 Å². The minimum atomic E-state index is 0.0403. The van der Waals surface area contributed by atoms with Crippen LogP contribution in [0.15, 0.2) is 36.2 Å². The summed E-state index contributed by atoms with van der Waals surface area (Å²) in [6.45, 7) is 3.60. The van der Waals surface area contributed by atoms with Crippen LogP contribution in [0, 0.1) is 0 Å². The molecule has 1 fully saturated rings. The van der Waals surface area contributed by atoms with E-state index in [-0.39, 0.29) is 18.1 Å². The average molecular weight is 304 g/mol. The highest BCUT2D eigenvalue weighted by Crippen LogP contribution is 2.34. The van der Waals surface area contributed by atoms with Gasteiger partial charge >= 0.3 is 6.03 Å². The summed E-state index contributed by atoms with van der Waals surface area (Å²) in [4.78, 5) is 19.8. The molecule has 6 heteroatoms. The number of thiophene rings is 1. The Labute approximate surface area is 128 Å². The van der Waals surface area contributed by atoms with Crippen molar-refractivity contribution in [2.75, 3.05) is 6.54 Å². The molecule has 1 aliphatic rings. The number of imidazole rings is 1. The Morgan fingerprint density at radius 1 is 1.62 bits per heavy atom. The van der Waals surface area contributed by atoms with E-state index >= 15 is 0 Å². The van der Waals surface area contributed by atoms with E-state index in [1.165, 1.54) is 4.88 Å². The van der Waals surface area contributed by atoms with Gasteiger partial charge in [0.2, 0.25) is 0 Å². The maximum atomic E-state index is 12.5. The molecule has 0 unspecified atom stereocenters. The first-order valence-corrected chi connectivity index (χ1v) is 8.18. The zero-order valence-electron chi connectivity index (χ0n) is 12.1. The molecule has 112 valence electrons. The smallest absolute Gasteiger partial charge is 0.318 e. The van der Waals surface area contributed by atoms with Crippen molar-refractivity contribution in [2.45, 2.75) is 38.4 Å². The standard InChI is InChI=1S/C15H20N4OS/c1-12(10-18-8-6-16-11-18)17-15(20)19-7-2-4-13(19)14-5-3-9-21-14/h3,5-6,8-9,11-13H,2,4,7,10H2,1H3,(H,17,20)/t12-,13-/m1/s1. The molecule has 2 amide bonds. The zero-order chi connectivity index (χ0) is 14.7. The third kappa shape index (κ3) is 3.26. The number of likely N-dealkylation sites (tertiary alicyclic amines) is 1. The van der Waals surface area contributed by atoms with Gasteiger partial charge in [-0.2, -0.15) is 0 Å². The highest BCUT2D eigenvalue weighted by atomic mass is 32.1. The molecule has 2 aromatic rings. The molecule has 2 atom stereocenters. The molecule has 5 nitrogen and oxygen atoms in total. The lowest BCUT2D eigenvalue weighted by molar-refractivity contribution is 0.189. The lowest BCUT2D eigenvalue weighted by Crippen LogP contribution is -2.44. The van der Waals surface area contributed by atoms with Crippen LogP contribution in [0.25, 0.3) is 0 Å². The Morgan fingerprint density at radius 2 is 2.52 bits per heavy atom. The van der Waals surface area contributed by atoms with Crippen LogP contribution in [0.3, 0.4) is 0 Å². The van der Waals surface area contributed by atoms with E-state index in [1.807, 2.05) is 22.6 Å². The van der Waals surface area contributed by atoms with Crippen LogP contribution < -0.4 is 5.32 Å². The molecule has 0 saturated carbocycles. The zero-order valence-corrected chi connectivity index (χ0v) is 12.9. The van der Waals surface area contributed by atoms with E-state index in [0.717, 1.165) is 25.9 Å². The molecule has 0 bridgehead atoms. The third-order valence-electron chi connectivity index (χ3n) is 3.80. The second-order valence-corrected chi connectivity index (χ2v) is 6.46. The lowest BCUT2D eigenvalue weighted by atomic mass is 10.2. The Kier molecular flexibility index (Phi) is 4.24. The van der Waals surface area contributed by atoms with Crippen LogP contribution >= 0.6 is 11.3 Å². The van der Waals surface area contributed by atoms with Crippen molar-refractivity contribution in [2.24, 2.45) is 0 Å². The van der Waals surface area contributed by atoms with Gasteiger partial charge in [0.15, 0.2) is 0 Å². The molecular weight excluding hydrogens is 284 g/mol. The van der Waals surface area contributed by atoms with E-state index in [2.05, 4.69) is 27.8 Å². The second-order valence-electron chi connectivity index (χ2n) is 5.48. The quantitative estimate of drug-likeness (QED) is 0.944. The Balaban J connectivity index is 1.59. The van der Waals surface area contributed by atoms with Gasteiger partial charge in [0.25, 0.3) is 0 Å². The van der Waals surface area contributed by atoms with Gasteiger partial charge in [0, 0.05) is 36.4 Å². The lowest BCUT2D eigenvalue weighted by Gasteiger charge is -2.26. The summed E-state index contributed by atoms with van der Waals surface area (Å²) in [6.07, 6.45) is 7.57. The van der Waals surface area contributed by atoms with Crippen molar-refractivity contribution in [3.05, 3.63) is 41.1 Å². The molecule has 21 heavy (non-hydrogen) atoms. The molecular formula is C15H20N4OS. The minimum Gasteiger partial charge on any atom is -0.335 e. The number of hydrogen-bond donors (Lipinski definition) is 1. The summed E-state index contributed by atoms with van der Waals surface area (Å²) in [5.74, 6) is 0. The van der Waals surface area contributed by atoms with E-state index in [0.29, 0.717) is 0 Å². The first-order chi connectivity index (χ1) is 10.2. The first-order valence-electron chi connectivity index (χ1n) is 7.30. The third-order valence-corrected chi connectivity index (χ3v) is 4.77. The van der Waals surface area contributed by atoms with Crippen LogP contribution in [0.1, 0.15) is 30.7 Å². The van der Waals surface area contributed by atoms with Crippen LogP contribution in [0.2, 0.25) is 0 Å². The van der Waals surface area contributed by atoms with Crippen molar-refractivity contribution in [3.8, 4) is 0 Å². The molecule has 1 saturated heterocycles. The fraction of sp³-hybridized carbons (Fsp3) is 0.467. The Bertz CT molecular complexity index is 567. The number of aromatic nitrogens is 2. The van der Waals surface area contributed by atoms with E-state index in [1.54, 1.807) is 23.9 Å². The summed E-state index contributed by atoms with van der Waals surface area (Å²) >= 11 is 1.73. The average Bonchev–Trinajstić information content (AvgIpc) is 3.20. The predicted octanol–water partition coefficient (Wildman–Crippen LogP) is 2.88. The summed E-state index contributed by atoms with van der Waals surface area (Å²) in [5.41, 5.74) is 0. The maximum Gasteiger partial charge on any atom is 0.318 e. The summed E-state index contributed by atoms with van der Waals surface area (Å²) in [5, 5.41) is 5.17. The van der Waals surface area contributed by atoms with Gasteiger partial charge in [-0.15, -0.1) is 11.3 Å².